The minimum Gasteiger partial charge on any atom is -0.349 e. The molecule has 90 valence electrons. The molecule has 0 bridgehead atoms. The van der Waals surface area contributed by atoms with Crippen molar-refractivity contribution < 1.29 is 4.79 Å². The van der Waals surface area contributed by atoms with Crippen LogP contribution in [0.25, 0.3) is 0 Å². The molecule has 0 saturated carbocycles. The van der Waals surface area contributed by atoms with Gasteiger partial charge in [-0.15, -0.1) is 0 Å². The van der Waals surface area contributed by atoms with Gasteiger partial charge in [-0.25, -0.2) is 0 Å². The van der Waals surface area contributed by atoms with Crippen molar-refractivity contribution in [1.29, 1.82) is 0 Å². The predicted molar refractivity (Wildman–Crippen MR) is 65.7 cm³/mol. The van der Waals surface area contributed by atoms with E-state index in [-0.39, 0.29) is 11.9 Å². The molecule has 0 radical (unpaired) electrons. The lowest BCUT2D eigenvalue weighted by atomic mass is 10.3. The molecular formula is C11H18ClN3O. The number of halogens is 1. The van der Waals surface area contributed by atoms with E-state index in [0.717, 1.165) is 13.0 Å². The molecule has 1 atom stereocenters. The Balaban J connectivity index is 2.73. The number of rotatable bonds is 5. The van der Waals surface area contributed by atoms with Crippen molar-refractivity contribution in [2.45, 2.75) is 32.9 Å². The van der Waals surface area contributed by atoms with Crippen LogP contribution in [0.5, 0.6) is 0 Å². The van der Waals surface area contributed by atoms with Crippen molar-refractivity contribution in [3.8, 4) is 0 Å². The molecule has 4 nitrogen and oxygen atoms in total. The second-order valence-electron chi connectivity index (χ2n) is 3.92. The maximum atomic E-state index is 11.8. The van der Waals surface area contributed by atoms with E-state index in [1.54, 1.807) is 12.3 Å². The molecule has 0 aliphatic heterocycles. The molecule has 5 heteroatoms. The second kappa shape index (κ2) is 5.92. The van der Waals surface area contributed by atoms with E-state index >= 15 is 0 Å². The van der Waals surface area contributed by atoms with Crippen LogP contribution >= 0.6 is 11.6 Å². The predicted octanol–water partition coefficient (Wildman–Crippen LogP) is 1.63. The van der Waals surface area contributed by atoms with Crippen molar-refractivity contribution in [2.24, 2.45) is 5.73 Å². The fourth-order valence-corrected chi connectivity index (χ4v) is 1.66. The van der Waals surface area contributed by atoms with Gasteiger partial charge in [-0.2, -0.15) is 0 Å². The zero-order valence-corrected chi connectivity index (χ0v) is 10.4. The number of carbonyl (C=O) groups excluding carboxylic acids is 1. The highest BCUT2D eigenvalue weighted by Crippen LogP contribution is 2.14. The van der Waals surface area contributed by atoms with Crippen LogP contribution in [0.3, 0.4) is 0 Å². The lowest BCUT2D eigenvalue weighted by Crippen LogP contribution is -2.36. The van der Waals surface area contributed by atoms with Gasteiger partial charge in [0.15, 0.2) is 0 Å². The second-order valence-corrected chi connectivity index (χ2v) is 4.36. The number of amides is 1. The first-order valence-corrected chi connectivity index (χ1v) is 5.81. The highest BCUT2D eigenvalue weighted by Gasteiger charge is 2.12. The van der Waals surface area contributed by atoms with E-state index in [0.29, 0.717) is 17.3 Å². The molecule has 16 heavy (non-hydrogen) atoms. The third kappa shape index (κ3) is 3.54. The SMILES string of the molecule is CCCn1cc(Cl)cc1C(=O)NCC(C)N. The van der Waals surface area contributed by atoms with Gasteiger partial charge in [-0.3, -0.25) is 4.79 Å². The van der Waals surface area contributed by atoms with Gasteiger partial charge in [0, 0.05) is 25.3 Å². The van der Waals surface area contributed by atoms with E-state index in [4.69, 9.17) is 17.3 Å². The topological polar surface area (TPSA) is 60.0 Å². The lowest BCUT2D eigenvalue weighted by molar-refractivity contribution is 0.0942. The van der Waals surface area contributed by atoms with Gasteiger partial charge >= 0.3 is 0 Å². The molecule has 0 spiro atoms. The summed E-state index contributed by atoms with van der Waals surface area (Å²) in [6, 6.07) is 1.63. The van der Waals surface area contributed by atoms with E-state index < -0.39 is 0 Å². The maximum Gasteiger partial charge on any atom is 0.268 e. The standard InChI is InChI=1S/C11H18ClN3O/c1-3-4-15-7-9(12)5-10(15)11(16)14-6-8(2)13/h5,7-8H,3-4,6,13H2,1-2H3,(H,14,16). The summed E-state index contributed by atoms with van der Waals surface area (Å²) >= 11 is 5.88. The summed E-state index contributed by atoms with van der Waals surface area (Å²) in [7, 11) is 0. The molecule has 1 unspecified atom stereocenters. The quantitative estimate of drug-likeness (QED) is 0.826. The summed E-state index contributed by atoms with van der Waals surface area (Å²) in [6.07, 6.45) is 2.73. The number of hydrogen-bond acceptors (Lipinski definition) is 2. The zero-order valence-electron chi connectivity index (χ0n) is 9.66. The first-order chi connectivity index (χ1) is 7.54. The third-order valence-corrected chi connectivity index (χ3v) is 2.35. The largest absolute Gasteiger partial charge is 0.349 e. The molecule has 3 N–H and O–H groups in total. The molecule has 0 aliphatic rings. The van der Waals surface area contributed by atoms with Gasteiger partial charge in [0.05, 0.1) is 5.02 Å². The summed E-state index contributed by atoms with van der Waals surface area (Å²) in [5.41, 5.74) is 6.16. The van der Waals surface area contributed by atoms with Crippen molar-refractivity contribution in [3.63, 3.8) is 0 Å². The highest BCUT2D eigenvalue weighted by atomic mass is 35.5. The average molecular weight is 244 g/mol. The van der Waals surface area contributed by atoms with Gasteiger partial charge in [-0.05, 0) is 19.4 Å². The van der Waals surface area contributed by atoms with Crippen LogP contribution in [0, 0.1) is 0 Å². The Morgan fingerprint density at radius 3 is 2.94 bits per heavy atom. The number of nitrogens with two attached hydrogens (primary N) is 1. The Morgan fingerprint density at radius 1 is 1.69 bits per heavy atom. The van der Waals surface area contributed by atoms with E-state index in [2.05, 4.69) is 12.2 Å². The third-order valence-electron chi connectivity index (χ3n) is 2.14. The van der Waals surface area contributed by atoms with E-state index in [1.807, 2.05) is 11.5 Å². The van der Waals surface area contributed by atoms with Crippen molar-refractivity contribution in [3.05, 3.63) is 23.0 Å². The molecule has 1 aromatic heterocycles. The molecule has 0 aromatic carbocycles. The van der Waals surface area contributed by atoms with Crippen LogP contribution in [0.15, 0.2) is 12.3 Å². The summed E-state index contributed by atoms with van der Waals surface area (Å²) in [5.74, 6) is -0.127. The summed E-state index contributed by atoms with van der Waals surface area (Å²) in [6.45, 7) is 5.15. The Labute approximate surface area is 101 Å². The highest BCUT2D eigenvalue weighted by molar-refractivity contribution is 6.31. The fourth-order valence-electron chi connectivity index (χ4n) is 1.44. The summed E-state index contributed by atoms with van der Waals surface area (Å²) in [5, 5.41) is 3.35. The molecule has 0 aliphatic carbocycles. The maximum absolute atomic E-state index is 11.8. The Hall–Kier alpha value is -1.00. The van der Waals surface area contributed by atoms with Crippen LogP contribution < -0.4 is 11.1 Å². The normalized spacial score (nSPS) is 12.5. The first kappa shape index (κ1) is 13.1. The number of aryl methyl sites for hydroxylation is 1. The Morgan fingerprint density at radius 2 is 2.38 bits per heavy atom. The van der Waals surface area contributed by atoms with Crippen molar-refractivity contribution in [2.75, 3.05) is 6.54 Å². The summed E-state index contributed by atoms with van der Waals surface area (Å²) in [4.78, 5) is 11.8. The Bertz CT molecular complexity index is 360. The number of hydrogen-bond donors (Lipinski definition) is 2. The van der Waals surface area contributed by atoms with Crippen LogP contribution in [-0.2, 0) is 6.54 Å². The minimum atomic E-state index is -0.127. The monoisotopic (exact) mass is 243 g/mol. The zero-order chi connectivity index (χ0) is 12.1. The van der Waals surface area contributed by atoms with Crippen LogP contribution in [0.1, 0.15) is 30.8 Å². The molecule has 1 heterocycles. The number of aromatic nitrogens is 1. The van der Waals surface area contributed by atoms with E-state index in [9.17, 15) is 4.79 Å². The van der Waals surface area contributed by atoms with E-state index in [1.165, 1.54) is 0 Å². The van der Waals surface area contributed by atoms with Gasteiger partial charge in [0.1, 0.15) is 5.69 Å². The van der Waals surface area contributed by atoms with Crippen molar-refractivity contribution >= 4 is 17.5 Å². The van der Waals surface area contributed by atoms with Crippen LogP contribution in [0.4, 0.5) is 0 Å². The number of carbonyl (C=O) groups is 1. The number of nitrogens with zero attached hydrogens (tertiary/aromatic N) is 1. The number of nitrogens with one attached hydrogen (secondary N) is 1. The molecule has 0 fully saturated rings. The Kier molecular flexibility index (Phi) is 4.83. The lowest BCUT2D eigenvalue weighted by Gasteiger charge is -2.10. The summed E-state index contributed by atoms with van der Waals surface area (Å²) < 4.78 is 1.86. The molecule has 1 aromatic rings. The minimum absolute atomic E-state index is 0.0472. The average Bonchev–Trinajstić information content (AvgIpc) is 2.56. The molecule has 1 rings (SSSR count). The van der Waals surface area contributed by atoms with Crippen LogP contribution in [0.2, 0.25) is 5.02 Å². The van der Waals surface area contributed by atoms with Gasteiger partial charge in [0.2, 0.25) is 0 Å². The van der Waals surface area contributed by atoms with Crippen molar-refractivity contribution in [1.82, 2.24) is 9.88 Å². The van der Waals surface area contributed by atoms with Gasteiger partial charge in [0.25, 0.3) is 5.91 Å². The first-order valence-electron chi connectivity index (χ1n) is 5.44. The molecule has 1 amide bonds. The van der Waals surface area contributed by atoms with Crippen LogP contribution in [-0.4, -0.2) is 23.1 Å². The smallest absolute Gasteiger partial charge is 0.268 e. The van der Waals surface area contributed by atoms with Gasteiger partial charge < -0.3 is 15.6 Å². The molecular weight excluding hydrogens is 226 g/mol. The molecule has 0 saturated heterocycles. The fraction of sp³-hybridized carbons (Fsp3) is 0.545. The van der Waals surface area contributed by atoms with Gasteiger partial charge in [-0.1, -0.05) is 18.5 Å².